The second-order valence-electron chi connectivity index (χ2n) is 4.58. The Bertz CT molecular complexity index is 795. The van der Waals surface area contributed by atoms with Crippen molar-refractivity contribution in [2.75, 3.05) is 5.73 Å². The van der Waals surface area contributed by atoms with Crippen LogP contribution in [0.2, 0.25) is 0 Å². The maximum Gasteiger partial charge on any atom is 0.165 e. The highest BCUT2D eigenvalue weighted by molar-refractivity contribution is 14.1. The van der Waals surface area contributed by atoms with E-state index in [4.69, 9.17) is 10.2 Å². The summed E-state index contributed by atoms with van der Waals surface area (Å²) in [6, 6.07) is 7.90. The van der Waals surface area contributed by atoms with Crippen molar-refractivity contribution in [3.05, 3.63) is 39.3 Å². The molecular weight excluding hydrogens is 365 g/mol. The SMILES string of the molecule is CCc1nc(-c2c(C)oc3ccccc23)nc(N)c1I. The molecule has 0 amide bonds. The highest BCUT2D eigenvalue weighted by Crippen LogP contribution is 2.33. The van der Waals surface area contributed by atoms with Gasteiger partial charge in [0.2, 0.25) is 0 Å². The fraction of sp³-hybridized carbons (Fsp3) is 0.200. The molecule has 2 heterocycles. The molecule has 3 aromatic rings. The van der Waals surface area contributed by atoms with Crippen LogP contribution in [0.3, 0.4) is 0 Å². The van der Waals surface area contributed by atoms with E-state index in [-0.39, 0.29) is 0 Å². The van der Waals surface area contributed by atoms with Gasteiger partial charge in [0.15, 0.2) is 5.82 Å². The Hall–Kier alpha value is -1.63. The van der Waals surface area contributed by atoms with Gasteiger partial charge in [0.25, 0.3) is 0 Å². The van der Waals surface area contributed by atoms with Crippen LogP contribution in [0.1, 0.15) is 18.4 Å². The summed E-state index contributed by atoms with van der Waals surface area (Å²) >= 11 is 2.19. The van der Waals surface area contributed by atoms with E-state index in [9.17, 15) is 0 Å². The van der Waals surface area contributed by atoms with E-state index in [1.54, 1.807) is 0 Å². The Morgan fingerprint density at radius 1 is 1.25 bits per heavy atom. The summed E-state index contributed by atoms with van der Waals surface area (Å²) in [5.74, 6) is 1.98. The van der Waals surface area contributed by atoms with Gasteiger partial charge in [-0.1, -0.05) is 25.1 Å². The number of para-hydroxylation sites is 1. The number of nitrogens with zero attached hydrogens (tertiary/aromatic N) is 2. The second-order valence-corrected chi connectivity index (χ2v) is 5.65. The molecule has 5 heteroatoms. The third kappa shape index (κ3) is 2.06. The summed E-state index contributed by atoms with van der Waals surface area (Å²) in [4.78, 5) is 9.08. The standard InChI is InChI=1S/C15H14IN3O/c1-3-10-13(16)14(17)19-15(18-10)12-8(2)20-11-7-5-4-6-9(11)12/h4-7H,3H2,1-2H3,(H2,17,18,19). The fourth-order valence-electron chi connectivity index (χ4n) is 2.30. The minimum absolute atomic E-state index is 0.525. The molecule has 0 aliphatic heterocycles. The molecule has 0 saturated heterocycles. The van der Waals surface area contributed by atoms with Crippen LogP contribution in [0.5, 0.6) is 0 Å². The van der Waals surface area contributed by atoms with Crippen LogP contribution < -0.4 is 5.73 Å². The van der Waals surface area contributed by atoms with Crippen LogP contribution in [-0.4, -0.2) is 9.97 Å². The predicted molar refractivity (Wildman–Crippen MR) is 88.5 cm³/mol. The third-order valence-corrected chi connectivity index (χ3v) is 4.45. The maximum atomic E-state index is 6.01. The number of hydrogen-bond donors (Lipinski definition) is 1. The summed E-state index contributed by atoms with van der Waals surface area (Å²) in [6.07, 6.45) is 0.826. The first-order valence-corrected chi connectivity index (χ1v) is 7.50. The summed E-state index contributed by atoms with van der Waals surface area (Å²) in [6.45, 7) is 3.99. The quantitative estimate of drug-likeness (QED) is 0.685. The monoisotopic (exact) mass is 379 g/mol. The molecule has 0 fully saturated rings. The number of halogens is 1. The molecule has 0 saturated carbocycles. The predicted octanol–water partition coefficient (Wildman–Crippen LogP) is 3.95. The molecule has 0 spiro atoms. The van der Waals surface area contributed by atoms with Gasteiger partial charge in [0.05, 0.1) is 14.8 Å². The Balaban J connectivity index is 2.31. The molecule has 1 aromatic carbocycles. The van der Waals surface area contributed by atoms with Gasteiger partial charge >= 0.3 is 0 Å². The van der Waals surface area contributed by atoms with Crippen LogP contribution in [0, 0.1) is 10.5 Å². The van der Waals surface area contributed by atoms with E-state index in [1.807, 2.05) is 31.2 Å². The average Bonchev–Trinajstić information content (AvgIpc) is 2.77. The van der Waals surface area contributed by atoms with Crippen molar-refractivity contribution in [1.82, 2.24) is 9.97 Å². The molecule has 0 aliphatic carbocycles. The Kier molecular flexibility index (Phi) is 3.37. The molecule has 20 heavy (non-hydrogen) atoms. The number of hydrogen-bond acceptors (Lipinski definition) is 4. The van der Waals surface area contributed by atoms with Gasteiger partial charge in [0.1, 0.15) is 17.2 Å². The summed E-state index contributed by atoms with van der Waals surface area (Å²) < 4.78 is 6.70. The van der Waals surface area contributed by atoms with Gasteiger partial charge in [-0.2, -0.15) is 0 Å². The molecule has 2 N–H and O–H groups in total. The number of rotatable bonds is 2. The highest BCUT2D eigenvalue weighted by Gasteiger charge is 2.17. The van der Waals surface area contributed by atoms with Crippen molar-refractivity contribution in [3.8, 4) is 11.4 Å². The molecule has 102 valence electrons. The fourth-order valence-corrected chi connectivity index (χ4v) is 2.93. The van der Waals surface area contributed by atoms with Gasteiger partial charge in [-0.05, 0) is 42.0 Å². The number of anilines is 1. The highest BCUT2D eigenvalue weighted by atomic mass is 127. The van der Waals surface area contributed by atoms with Crippen molar-refractivity contribution in [2.45, 2.75) is 20.3 Å². The lowest BCUT2D eigenvalue weighted by atomic mass is 10.1. The number of fused-ring (bicyclic) bond motifs is 1. The molecule has 0 aliphatic rings. The first kappa shape index (κ1) is 13.4. The van der Waals surface area contributed by atoms with Crippen LogP contribution in [-0.2, 0) is 6.42 Å². The minimum Gasteiger partial charge on any atom is -0.461 e. The Morgan fingerprint density at radius 3 is 2.75 bits per heavy atom. The summed E-state index contributed by atoms with van der Waals surface area (Å²) in [5, 5.41) is 1.02. The summed E-state index contributed by atoms with van der Waals surface area (Å²) in [7, 11) is 0. The number of nitrogen functional groups attached to an aromatic ring is 1. The molecular formula is C15H14IN3O. The molecule has 4 nitrogen and oxygen atoms in total. The molecule has 0 unspecified atom stereocenters. The first-order valence-electron chi connectivity index (χ1n) is 6.42. The number of furan rings is 1. The third-order valence-electron chi connectivity index (χ3n) is 3.28. The zero-order valence-electron chi connectivity index (χ0n) is 11.3. The number of aryl methyl sites for hydroxylation is 2. The number of aromatic nitrogens is 2. The van der Waals surface area contributed by atoms with Gasteiger partial charge in [-0.15, -0.1) is 0 Å². The lowest BCUT2D eigenvalue weighted by molar-refractivity contribution is 0.579. The number of nitrogens with two attached hydrogens (primary N) is 1. The summed E-state index contributed by atoms with van der Waals surface area (Å²) in [5.41, 5.74) is 8.75. The van der Waals surface area contributed by atoms with Crippen molar-refractivity contribution < 1.29 is 4.42 Å². The van der Waals surface area contributed by atoms with Gasteiger partial charge in [0, 0.05) is 5.39 Å². The molecule has 0 atom stereocenters. The Labute approximate surface area is 130 Å². The lowest BCUT2D eigenvalue weighted by Crippen LogP contribution is -2.04. The van der Waals surface area contributed by atoms with Crippen molar-refractivity contribution in [3.63, 3.8) is 0 Å². The van der Waals surface area contributed by atoms with E-state index in [0.29, 0.717) is 11.6 Å². The van der Waals surface area contributed by atoms with Crippen LogP contribution in [0.4, 0.5) is 5.82 Å². The maximum absolute atomic E-state index is 6.01. The molecule has 0 bridgehead atoms. The van der Waals surface area contributed by atoms with Gasteiger partial charge < -0.3 is 10.2 Å². The topological polar surface area (TPSA) is 64.9 Å². The average molecular weight is 379 g/mol. The van der Waals surface area contributed by atoms with E-state index in [0.717, 1.165) is 38.0 Å². The normalized spacial score (nSPS) is 11.2. The van der Waals surface area contributed by atoms with E-state index in [1.165, 1.54) is 0 Å². The largest absolute Gasteiger partial charge is 0.461 e. The first-order chi connectivity index (χ1) is 9.61. The zero-order chi connectivity index (χ0) is 14.3. The molecule has 2 aromatic heterocycles. The van der Waals surface area contributed by atoms with Crippen LogP contribution in [0.25, 0.3) is 22.4 Å². The molecule has 0 radical (unpaired) electrons. The molecule has 3 rings (SSSR count). The van der Waals surface area contributed by atoms with E-state index in [2.05, 4.69) is 39.5 Å². The van der Waals surface area contributed by atoms with E-state index < -0.39 is 0 Å². The van der Waals surface area contributed by atoms with E-state index >= 15 is 0 Å². The van der Waals surface area contributed by atoms with Crippen molar-refractivity contribution in [2.24, 2.45) is 0 Å². The van der Waals surface area contributed by atoms with Crippen LogP contribution in [0.15, 0.2) is 28.7 Å². The number of benzene rings is 1. The van der Waals surface area contributed by atoms with Crippen LogP contribution >= 0.6 is 22.6 Å². The lowest BCUT2D eigenvalue weighted by Gasteiger charge is -2.07. The van der Waals surface area contributed by atoms with Gasteiger partial charge in [-0.3, -0.25) is 0 Å². The smallest absolute Gasteiger partial charge is 0.165 e. The zero-order valence-corrected chi connectivity index (χ0v) is 13.4. The van der Waals surface area contributed by atoms with Gasteiger partial charge in [-0.25, -0.2) is 9.97 Å². The second kappa shape index (κ2) is 5.05. The minimum atomic E-state index is 0.525. The van der Waals surface area contributed by atoms with Crippen molar-refractivity contribution in [1.29, 1.82) is 0 Å². The van der Waals surface area contributed by atoms with Crippen molar-refractivity contribution >= 4 is 39.4 Å². The Morgan fingerprint density at radius 2 is 2.00 bits per heavy atom.